The maximum absolute atomic E-state index is 10.7. The molecule has 0 saturated heterocycles. The Labute approximate surface area is 364 Å². The number of hydrogen-bond donors (Lipinski definition) is 2. The molecule has 2 unspecified atom stereocenters. The van der Waals surface area contributed by atoms with Crippen molar-refractivity contribution in [2.75, 3.05) is 0 Å². The van der Waals surface area contributed by atoms with Crippen LogP contribution in [0.15, 0.2) is 24.2 Å². The van der Waals surface area contributed by atoms with Crippen LogP contribution in [0.2, 0.25) is 0 Å². The van der Waals surface area contributed by atoms with Gasteiger partial charge in [0.05, 0.1) is 31.9 Å². The average Bonchev–Trinajstić information content (AvgIpc) is 3.89. The molecular weight excluding hydrogens is 832 g/mol. The molecule has 63 heavy (non-hydrogen) atoms. The van der Waals surface area contributed by atoms with Gasteiger partial charge in [-0.25, -0.2) is 0 Å². The van der Waals surface area contributed by atoms with Gasteiger partial charge in [-0.05, 0) is 76.7 Å². The van der Waals surface area contributed by atoms with E-state index >= 15 is 0 Å². The monoisotopic (exact) mass is 894 g/mol. The van der Waals surface area contributed by atoms with Crippen molar-refractivity contribution in [3.63, 3.8) is 0 Å². The number of aryl methyl sites for hydroxylation is 5. The molecule has 0 amide bonds. The highest BCUT2D eigenvalue weighted by Gasteiger charge is 2.27. The Bertz CT molecular complexity index is 1970. The number of allylic oxidation sites excluding steroid dienone is 1. The Morgan fingerprint density at radius 2 is 0.873 bits per heavy atom. The van der Waals surface area contributed by atoms with Crippen molar-refractivity contribution in [3.05, 3.63) is 92.3 Å². The van der Waals surface area contributed by atoms with Crippen LogP contribution in [-0.4, -0.2) is 69.0 Å². The van der Waals surface area contributed by atoms with Crippen LogP contribution >= 0.6 is 0 Å². The standard InChI is InChI=1S/2C10H16N2O4.C10H14N2O3.C5H6N2O3.C5H10O/c2*1-6(2)4-8(13)5-9-10(12(14)15)7(3)11-16-9;1-7(2)5-4-6-9-10(12(13)14)8(3)11-15-9;1-3-5(7(8)9)4(2)10-6-3;1-5(2)3-4-6/h2*6,8,13H,4-5H2,1-3H3;4,6-7H,5H2,1-3H3;1-2H3;4-5H,3H2,1-2H3/b;;6-4+;;. The Morgan fingerprint density at radius 3 is 1.16 bits per heavy atom. The average molecular weight is 895 g/mol. The number of carbonyl (C=O) groups excluding carboxylic acids is 1. The van der Waals surface area contributed by atoms with Gasteiger partial charge in [-0.3, -0.25) is 40.5 Å². The number of aromatic nitrogens is 4. The van der Waals surface area contributed by atoms with Crippen LogP contribution in [-0.2, 0) is 17.6 Å². The third-order valence-corrected chi connectivity index (χ3v) is 8.16. The number of nitrogens with zero attached hydrogens (tertiary/aromatic N) is 8. The number of aliphatic hydroxyl groups is 2. The quantitative estimate of drug-likeness (QED) is 0.0566. The third-order valence-electron chi connectivity index (χ3n) is 8.16. The molecule has 0 radical (unpaired) electrons. The van der Waals surface area contributed by atoms with E-state index in [4.69, 9.17) is 13.6 Å². The summed E-state index contributed by atoms with van der Waals surface area (Å²) in [4.78, 5) is 49.9. The number of hydrogen-bond acceptors (Lipinski definition) is 19. The summed E-state index contributed by atoms with van der Waals surface area (Å²) >= 11 is 0. The molecule has 0 saturated carbocycles. The Hall–Kier alpha value is -6.23. The molecule has 4 aromatic rings. The first-order valence-electron chi connectivity index (χ1n) is 20.1. The first-order valence-corrected chi connectivity index (χ1v) is 20.1. The van der Waals surface area contributed by atoms with Crippen LogP contribution < -0.4 is 0 Å². The molecule has 352 valence electrons. The summed E-state index contributed by atoms with van der Waals surface area (Å²) < 4.78 is 19.1. The van der Waals surface area contributed by atoms with E-state index in [1.54, 1.807) is 13.0 Å². The summed E-state index contributed by atoms with van der Waals surface area (Å²) in [5, 5.41) is 75.8. The minimum atomic E-state index is -0.633. The summed E-state index contributed by atoms with van der Waals surface area (Å²) in [7, 11) is 0. The van der Waals surface area contributed by atoms with Crippen LogP contribution in [0.5, 0.6) is 0 Å². The van der Waals surface area contributed by atoms with Crippen molar-refractivity contribution in [2.45, 2.75) is 141 Å². The van der Waals surface area contributed by atoms with Gasteiger partial charge in [-0.1, -0.05) is 82.1 Å². The zero-order valence-electron chi connectivity index (χ0n) is 38.2. The zero-order chi connectivity index (χ0) is 48.7. The fourth-order valence-electron chi connectivity index (χ4n) is 5.33. The molecule has 2 atom stereocenters. The molecule has 0 fully saturated rings. The summed E-state index contributed by atoms with van der Waals surface area (Å²) in [6, 6.07) is 0. The lowest BCUT2D eigenvalue weighted by molar-refractivity contribution is -0.386. The van der Waals surface area contributed by atoms with E-state index in [0.717, 1.165) is 12.7 Å². The van der Waals surface area contributed by atoms with Crippen molar-refractivity contribution < 1.29 is 52.8 Å². The predicted molar refractivity (Wildman–Crippen MR) is 229 cm³/mol. The van der Waals surface area contributed by atoms with E-state index in [2.05, 4.69) is 39.0 Å². The first-order chi connectivity index (χ1) is 29.2. The molecule has 4 aromatic heterocycles. The van der Waals surface area contributed by atoms with Gasteiger partial charge in [0.1, 0.15) is 6.29 Å². The molecule has 0 aliphatic rings. The van der Waals surface area contributed by atoms with Gasteiger partial charge < -0.3 is 33.1 Å². The van der Waals surface area contributed by atoms with Gasteiger partial charge in [0, 0.05) is 26.2 Å². The number of aldehydes is 1. The lowest BCUT2D eigenvalue weighted by Gasteiger charge is -2.10. The van der Waals surface area contributed by atoms with Gasteiger partial charge in [-0.2, -0.15) is 0 Å². The second kappa shape index (κ2) is 28.4. The largest absolute Gasteiger partial charge is 0.393 e. The normalized spacial score (nSPS) is 11.8. The number of rotatable bonds is 17. The van der Waals surface area contributed by atoms with E-state index in [-0.39, 0.29) is 70.0 Å². The minimum absolute atomic E-state index is 0.0278. The molecule has 4 heterocycles. The molecule has 0 aliphatic heterocycles. The van der Waals surface area contributed by atoms with Crippen LogP contribution in [0, 0.1) is 98.7 Å². The predicted octanol–water partition coefficient (Wildman–Crippen LogP) is 9.06. The van der Waals surface area contributed by atoms with Gasteiger partial charge in [0.2, 0.25) is 23.0 Å². The molecule has 2 N–H and O–H groups in total. The smallest absolute Gasteiger partial charge is 0.338 e. The lowest BCUT2D eigenvalue weighted by Crippen LogP contribution is -2.13. The summed E-state index contributed by atoms with van der Waals surface area (Å²) in [6.07, 6.45) is 6.13. The fraction of sp³-hybridized carbons (Fsp3) is 0.625. The molecular formula is C40H62N8O15. The van der Waals surface area contributed by atoms with Gasteiger partial charge in [-0.15, -0.1) is 0 Å². The highest BCUT2D eigenvalue weighted by Crippen LogP contribution is 2.27. The summed E-state index contributed by atoms with van der Waals surface area (Å²) in [5.41, 5.74) is 0.806. The number of carbonyl (C=O) groups is 1. The SMILES string of the molecule is CC(C)CC=O.Cc1noc(/C=C/CC(C)C)c1[N+](=O)[O-].Cc1noc(C)c1[N+](=O)[O-].Cc1noc(CC(O)CC(C)C)c1[N+](=O)[O-].Cc1noc(CC(O)CC(C)C)c1[N+](=O)[O-]. The van der Waals surface area contributed by atoms with Crippen molar-refractivity contribution >= 4 is 35.1 Å². The van der Waals surface area contributed by atoms with Crippen molar-refractivity contribution in [1.29, 1.82) is 0 Å². The van der Waals surface area contributed by atoms with E-state index in [9.17, 15) is 55.5 Å². The fourth-order valence-corrected chi connectivity index (χ4v) is 5.33. The van der Waals surface area contributed by atoms with Crippen LogP contribution in [0.25, 0.3) is 6.08 Å². The second-order valence-electron chi connectivity index (χ2n) is 16.1. The molecule has 23 nitrogen and oxygen atoms in total. The van der Waals surface area contributed by atoms with Crippen LogP contribution in [0.4, 0.5) is 22.7 Å². The zero-order valence-corrected chi connectivity index (χ0v) is 38.2. The molecule has 0 aliphatic carbocycles. The maximum Gasteiger partial charge on any atom is 0.338 e. The lowest BCUT2D eigenvalue weighted by atomic mass is 10.0. The minimum Gasteiger partial charge on any atom is -0.393 e. The van der Waals surface area contributed by atoms with Crippen LogP contribution in [0.3, 0.4) is 0 Å². The molecule has 23 heteroatoms. The van der Waals surface area contributed by atoms with E-state index in [1.807, 2.05) is 47.6 Å². The molecule has 0 bridgehead atoms. The number of aliphatic hydroxyl groups excluding tert-OH is 2. The number of nitro groups is 4. The van der Waals surface area contributed by atoms with Gasteiger partial charge in [0.15, 0.2) is 22.8 Å². The van der Waals surface area contributed by atoms with Crippen molar-refractivity contribution in [2.24, 2.45) is 23.7 Å². The van der Waals surface area contributed by atoms with Gasteiger partial charge in [0.25, 0.3) is 0 Å². The highest BCUT2D eigenvalue weighted by molar-refractivity contribution is 5.56. The highest BCUT2D eigenvalue weighted by atomic mass is 16.6. The Kier molecular flexibility index (Phi) is 25.6. The van der Waals surface area contributed by atoms with Gasteiger partial charge >= 0.3 is 22.7 Å². The van der Waals surface area contributed by atoms with Crippen molar-refractivity contribution in [3.8, 4) is 0 Å². The molecule has 0 aromatic carbocycles. The van der Waals surface area contributed by atoms with Crippen LogP contribution in [0.1, 0.15) is 127 Å². The summed E-state index contributed by atoms with van der Waals surface area (Å²) in [5.74, 6) is 2.48. The van der Waals surface area contributed by atoms with E-state index in [1.165, 1.54) is 27.7 Å². The second-order valence-corrected chi connectivity index (χ2v) is 16.1. The summed E-state index contributed by atoms with van der Waals surface area (Å²) in [6.45, 7) is 23.7. The first kappa shape index (κ1) is 56.8. The van der Waals surface area contributed by atoms with E-state index in [0.29, 0.717) is 54.3 Å². The third kappa shape index (κ3) is 21.4. The molecule has 4 rings (SSSR count). The maximum atomic E-state index is 10.7. The molecule has 0 spiro atoms. The van der Waals surface area contributed by atoms with E-state index < -0.39 is 31.9 Å². The Balaban J connectivity index is 0.000000787. The topological polar surface area (TPSA) is 334 Å². The Morgan fingerprint density at radius 1 is 0.524 bits per heavy atom. The van der Waals surface area contributed by atoms with Crippen molar-refractivity contribution in [1.82, 2.24) is 20.6 Å².